The van der Waals surface area contributed by atoms with Gasteiger partial charge in [0.2, 0.25) is 0 Å². The summed E-state index contributed by atoms with van der Waals surface area (Å²) in [5.41, 5.74) is 1.74. The zero-order valence-electron chi connectivity index (χ0n) is 10.2. The zero-order valence-corrected chi connectivity index (χ0v) is 10.2. The number of aryl methyl sites for hydroxylation is 2. The third kappa shape index (κ3) is 2.54. The molecule has 0 amide bonds. The van der Waals surface area contributed by atoms with E-state index in [9.17, 15) is 9.90 Å². The zero-order chi connectivity index (χ0) is 12.5. The summed E-state index contributed by atoms with van der Waals surface area (Å²) in [4.78, 5) is 11.0. The largest absolute Gasteiger partial charge is 0.507 e. The van der Waals surface area contributed by atoms with Gasteiger partial charge in [0.1, 0.15) is 5.75 Å². The number of phenols is 1. The summed E-state index contributed by atoms with van der Waals surface area (Å²) in [6.07, 6.45) is 0.463. The number of aliphatic carboxylic acids is 1. The molecular weight excluding hydrogens is 204 g/mol. The number of hydrogen-bond donors (Lipinski definition) is 2. The van der Waals surface area contributed by atoms with Crippen molar-refractivity contribution >= 4 is 5.97 Å². The summed E-state index contributed by atoms with van der Waals surface area (Å²) in [6.45, 7) is 7.04. The highest BCUT2D eigenvalue weighted by atomic mass is 16.4. The topological polar surface area (TPSA) is 57.5 Å². The number of hydrogen-bond acceptors (Lipinski definition) is 2. The van der Waals surface area contributed by atoms with Crippen molar-refractivity contribution in [3.05, 3.63) is 28.8 Å². The van der Waals surface area contributed by atoms with Crippen LogP contribution in [0, 0.1) is 19.3 Å². The minimum absolute atomic E-state index is 0.289. The standard InChI is InChI=1S/C13H18O3/c1-8-5-10(6-9(2)11(8)14)7-13(3,4)12(15)16/h5-6,14H,7H2,1-4H3,(H,15,16). The molecule has 2 N–H and O–H groups in total. The number of carboxylic acid groups (broad SMARTS) is 1. The maximum atomic E-state index is 11.0. The second-order valence-electron chi connectivity index (χ2n) is 4.94. The van der Waals surface area contributed by atoms with Crippen molar-refractivity contribution < 1.29 is 15.0 Å². The summed E-state index contributed by atoms with van der Waals surface area (Å²) in [6, 6.07) is 3.68. The maximum Gasteiger partial charge on any atom is 0.309 e. The van der Waals surface area contributed by atoms with E-state index in [1.54, 1.807) is 13.8 Å². The second-order valence-corrected chi connectivity index (χ2v) is 4.94. The lowest BCUT2D eigenvalue weighted by Gasteiger charge is -2.19. The van der Waals surface area contributed by atoms with Crippen molar-refractivity contribution in [2.24, 2.45) is 5.41 Å². The fraction of sp³-hybridized carbons (Fsp3) is 0.462. The van der Waals surface area contributed by atoms with E-state index in [-0.39, 0.29) is 5.75 Å². The third-order valence-electron chi connectivity index (χ3n) is 2.78. The minimum atomic E-state index is -0.809. The number of benzene rings is 1. The molecule has 0 aliphatic rings. The average molecular weight is 222 g/mol. The predicted molar refractivity (Wildman–Crippen MR) is 62.7 cm³/mol. The Hall–Kier alpha value is -1.51. The van der Waals surface area contributed by atoms with E-state index in [1.807, 2.05) is 26.0 Å². The van der Waals surface area contributed by atoms with Gasteiger partial charge in [0, 0.05) is 0 Å². The molecule has 0 saturated heterocycles. The van der Waals surface area contributed by atoms with Gasteiger partial charge in [-0.1, -0.05) is 12.1 Å². The summed E-state index contributed by atoms with van der Waals surface area (Å²) >= 11 is 0. The smallest absolute Gasteiger partial charge is 0.309 e. The lowest BCUT2D eigenvalue weighted by molar-refractivity contribution is -0.146. The molecular formula is C13H18O3. The van der Waals surface area contributed by atoms with Crippen LogP contribution >= 0.6 is 0 Å². The predicted octanol–water partition coefficient (Wildman–Crippen LogP) is 2.66. The Morgan fingerprint density at radius 3 is 2.06 bits per heavy atom. The van der Waals surface area contributed by atoms with Crippen LogP contribution in [0.4, 0.5) is 0 Å². The molecule has 0 fully saturated rings. The Morgan fingerprint density at radius 1 is 1.25 bits per heavy atom. The normalized spacial score (nSPS) is 11.5. The first-order valence-electron chi connectivity index (χ1n) is 5.26. The quantitative estimate of drug-likeness (QED) is 0.826. The van der Waals surface area contributed by atoms with E-state index in [4.69, 9.17) is 5.11 Å². The molecule has 0 aromatic heterocycles. The highest BCUT2D eigenvalue weighted by Crippen LogP contribution is 2.28. The molecule has 0 unspecified atom stereocenters. The number of aromatic hydroxyl groups is 1. The third-order valence-corrected chi connectivity index (χ3v) is 2.78. The van der Waals surface area contributed by atoms with Gasteiger partial charge in [-0.25, -0.2) is 0 Å². The van der Waals surface area contributed by atoms with E-state index in [2.05, 4.69) is 0 Å². The van der Waals surface area contributed by atoms with Gasteiger partial charge in [-0.2, -0.15) is 0 Å². The highest BCUT2D eigenvalue weighted by molar-refractivity contribution is 5.74. The molecule has 0 spiro atoms. The molecule has 3 heteroatoms. The first kappa shape index (κ1) is 12.6. The SMILES string of the molecule is Cc1cc(CC(C)(C)C(=O)O)cc(C)c1O. The van der Waals surface area contributed by atoms with Crippen LogP contribution in [0.3, 0.4) is 0 Å². The van der Waals surface area contributed by atoms with Crippen LogP contribution in [0.5, 0.6) is 5.75 Å². The monoisotopic (exact) mass is 222 g/mol. The summed E-state index contributed by atoms with van der Waals surface area (Å²) in [7, 11) is 0. The van der Waals surface area contributed by atoms with Crippen molar-refractivity contribution in [2.75, 3.05) is 0 Å². The average Bonchev–Trinajstić information content (AvgIpc) is 2.13. The molecule has 0 saturated carbocycles. The Labute approximate surface area is 95.7 Å². The minimum Gasteiger partial charge on any atom is -0.507 e. The molecule has 0 aliphatic heterocycles. The summed E-state index contributed by atoms with van der Waals surface area (Å²) in [5.74, 6) is -0.521. The van der Waals surface area contributed by atoms with Gasteiger partial charge in [0.05, 0.1) is 5.41 Å². The van der Waals surface area contributed by atoms with Gasteiger partial charge < -0.3 is 10.2 Å². The van der Waals surface area contributed by atoms with Gasteiger partial charge in [0.15, 0.2) is 0 Å². The van der Waals surface area contributed by atoms with Gasteiger partial charge in [-0.15, -0.1) is 0 Å². The Morgan fingerprint density at radius 2 is 1.69 bits per heavy atom. The van der Waals surface area contributed by atoms with Crippen LogP contribution in [-0.2, 0) is 11.2 Å². The number of carboxylic acids is 1. The van der Waals surface area contributed by atoms with E-state index in [1.165, 1.54) is 0 Å². The number of rotatable bonds is 3. The molecule has 1 aromatic rings. The van der Waals surface area contributed by atoms with E-state index < -0.39 is 11.4 Å². The van der Waals surface area contributed by atoms with E-state index in [0.717, 1.165) is 16.7 Å². The van der Waals surface area contributed by atoms with Crippen LogP contribution < -0.4 is 0 Å². The van der Waals surface area contributed by atoms with Crippen LogP contribution in [0.25, 0.3) is 0 Å². The Balaban J connectivity index is 3.04. The van der Waals surface area contributed by atoms with Gasteiger partial charge in [-0.05, 0) is 50.8 Å². The van der Waals surface area contributed by atoms with Crippen molar-refractivity contribution in [1.29, 1.82) is 0 Å². The summed E-state index contributed by atoms with van der Waals surface area (Å²) < 4.78 is 0. The van der Waals surface area contributed by atoms with Gasteiger partial charge in [-0.3, -0.25) is 4.79 Å². The maximum absolute atomic E-state index is 11.0. The van der Waals surface area contributed by atoms with Crippen LogP contribution in [0.15, 0.2) is 12.1 Å². The van der Waals surface area contributed by atoms with Crippen molar-refractivity contribution in [3.8, 4) is 5.75 Å². The van der Waals surface area contributed by atoms with E-state index >= 15 is 0 Å². The molecule has 0 atom stereocenters. The Bertz CT molecular complexity index is 396. The van der Waals surface area contributed by atoms with Crippen LogP contribution in [-0.4, -0.2) is 16.2 Å². The van der Waals surface area contributed by atoms with E-state index in [0.29, 0.717) is 6.42 Å². The molecule has 0 bridgehead atoms. The molecule has 0 heterocycles. The first-order chi connectivity index (χ1) is 7.24. The van der Waals surface area contributed by atoms with Gasteiger partial charge >= 0.3 is 5.97 Å². The second kappa shape index (κ2) is 4.16. The Kier molecular flexibility index (Phi) is 3.27. The fourth-order valence-corrected chi connectivity index (χ4v) is 1.73. The molecule has 1 aromatic carbocycles. The summed E-state index contributed by atoms with van der Waals surface area (Å²) in [5, 5.41) is 18.7. The van der Waals surface area contributed by atoms with Crippen molar-refractivity contribution in [3.63, 3.8) is 0 Å². The molecule has 1 rings (SSSR count). The lowest BCUT2D eigenvalue weighted by Crippen LogP contribution is -2.26. The molecule has 0 aliphatic carbocycles. The highest BCUT2D eigenvalue weighted by Gasteiger charge is 2.27. The van der Waals surface area contributed by atoms with Crippen LogP contribution in [0.1, 0.15) is 30.5 Å². The number of phenolic OH excluding ortho intramolecular Hbond substituents is 1. The van der Waals surface area contributed by atoms with Gasteiger partial charge in [0.25, 0.3) is 0 Å². The molecule has 16 heavy (non-hydrogen) atoms. The number of carbonyl (C=O) groups is 1. The lowest BCUT2D eigenvalue weighted by atomic mass is 9.85. The molecule has 3 nitrogen and oxygen atoms in total. The fourth-order valence-electron chi connectivity index (χ4n) is 1.73. The molecule has 88 valence electrons. The van der Waals surface area contributed by atoms with Crippen molar-refractivity contribution in [2.45, 2.75) is 34.1 Å². The molecule has 0 radical (unpaired) electrons. The van der Waals surface area contributed by atoms with Crippen molar-refractivity contribution in [1.82, 2.24) is 0 Å². The first-order valence-corrected chi connectivity index (χ1v) is 5.26. The van der Waals surface area contributed by atoms with Crippen LogP contribution in [0.2, 0.25) is 0 Å².